The van der Waals surface area contributed by atoms with Crippen molar-refractivity contribution in [2.45, 2.75) is 13.8 Å². The Labute approximate surface area is 181 Å². The number of urea groups is 1. The number of likely N-dealkylation sites (N-methyl/N-ethyl adjacent to an activating group) is 1. The Balaban J connectivity index is 1.43. The molecular formula is C21H27N9O. The van der Waals surface area contributed by atoms with Crippen molar-refractivity contribution >= 4 is 34.9 Å². The number of H-pyrrole nitrogens is 1. The highest BCUT2D eigenvalue weighted by atomic mass is 16.2. The zero-order valence-electron chi connectivity index (χ0n) is 17.9. The van der Waals surface area contributed by atoms with E-state index in [4.69, 9.17) is 0 Å². The van der Waals surface area contributed by atoms with Crippen molar-refractivity contribution in [1.82, 2.24) is 30.0 Å². The van der Waals surface area contributed by atoms with E-state index < -0.39 is 0 Å². The van der Waals surface area contributed by atoms with E-state index in [1.54, 1.807) is 12.4 Å². The van der Waals surface area contributed by atoms with Crippen molar-refractivity contribution in [3.63, 3.8) is 0 Å². The molecule has 0 saturated carbocycles. The van der Waals surface area contributed by atoms with Gasteiger partial charge in [0.05, 0.1) is 12.4 Å². The largest absolute Gasteiger partial charge is 0.339 e. The molecule has 1 saturated heterocycles. The van der Waals surface area contributed by atoms with Gasteiger partial charge in [-0.3, -0.25) is 10.1 Å². The molecule has 10 nitrogen and oxygen atoms in total. The number of carbonyl (C=O) groups excluding carboxylic acids is 1. The molecular weight excluding hydrogens is 394 g/mol. The van der Waals surface area contributed by atoms with Gasteiger partial charge in [0.15, 0.2) is 17.5 Å². The third-order valence-electron chi connectivity index (χ3n) is 5.14. The van der Waals surface area contributed by atoms with Crippen LogP contribution in [0.4, 0.5) is 33.6 Å². The lowest BCUT2D eigenvalue weighted by atomic mass is 10.2. The van der Waals surface area contributed by atoms with Crippen LogP contribution < -0.4 is 16.0 Å². The highest BCUT2D eigenvalue weighted by molar-refractivity contribution is 5.91. The maximum absolute atomic E-state index is 12.7. The molecule has 4 rings (SSSR count). The number of piperazine rings is 1. The molecule has 3 aromatic rings. The minimum absolute atomic E-state index is 0.0753. The first-order valence-electron chi connectivity index (χ1n) is 10.2. The maximum Gasteiger partial charge on any atom is 0.321 e. The van der Waals surface area contributed by atoms with Crippen LogP contribution in [0.5, 0.6) is 0 Å². The van der Waals surface area contributed by atoms with Crippen molar-refractivity contribution in [1.29, 1.82) is 0 Å². The lowest BCUT2D eigenvalue weighted by Gasteiger charge is -2.32. The van der Waals surface area contributed by atoms with Gasteiger partial charge < -0.3 is 25.8 Å². The molecule has 162 valence electrons. The summed E-state index contributed by atoms with van der Waals surface area (Å²) in [5.41, 5.74) is 3.52. The van der Waals surface area contributed by atoms with E-state index in [0.717, 1.165) is 48.8 Å². The molecule has 0 bridgehead atoms. The number of aryl methyl sites for hydroxylation is 2. The molecule has 2 aromatic heterocycles. The first-order chi connectivity index (χ1) is 15.0. The third kappa shape index (κ3) is 5.28. The molecule has 2 amide bonds. The summed E-state index contributed by atoms with van der Waals surface area (Å²) in [6, 6.07) is 7.62. The Kier molecular flexibility index (Phi) is 5.99. The Hall–Kier alpha value is -3.66. The van der Waals surface area contributed by atoms with Gasteiger partial charge in [0.2, 0.25) is 0 Å². The summed E-state index contributed by atoms with van der Waals surface area (Å²) in [4.78, 5) is 25.5. The predicted octanol–water partition coefficient (Wildman–Crippen LogP) is 3.08. The maximum atomic E-state index is 12.7. The fraction of sp³-hybridized carbons (Fsp3) is 0.333. The molecule has 0 unspecified atom stereocenters. The van der Waals surface area contributed by atoms with Gasteiger partial charge in [0.1, 0.15) is 0 Å². The van der Waals surface area contributed by atoms with Crippen molar-refractivity contribution < 1.29 is 4.79 Å². The number of anilines is 5. The highest BCUT2D eigenvalue weighted by Gasteiger charge is 2.19. The number of aromatic nitrogens is 4. The Morgan fingerprint density at radius 3 is 2.45 bits per heavy atom. The lowest BCUT2D eigenvalue weighted by molar-refractivity contribution is 0.164. The summed E-state index contributed by atoms with van der Waals surface area (Å²) in [5.74, 6) is 1.83. The number of hydrogen-bond acceptors (Lipinski definition) is 7. The number of hydrogen-bond donors (Lipinski definition) is 4. The van der Waals surface area contributed by atoms with Gasteiger partial charge in [0.25, 0.3) is 0 Å². The van der Waals surface area contributed by atoms with E-state index in [2.05, 4.69) is 48.1 Å². The van der Waals surface area contributed by atoms with Crippen molar-refractivity contribution in [2.24, 2.45) is 0 Å². The zero-order valence-corrected chi connectivity index (χ0v) is 17.9. The zero-order chi connectivity index (χ0) is 21.8. The molecule has 0 atom stereocenters. The van der Waals surface area contributed by atoms with Crippen LogP contribution in [-0.4, -0.2) is 69.2 Å². The van der Waals surface area contributed by atoms with Gasteiger partial charge in [-0.15, -0.1) is 0 Å². The minimum Gasteiger partial charge on any atom is -0.339 e. The fourth-order valence-corrected chi connectivity index (χ4v) is 3.29. The van der Waals surface area contributed by atoms with Gasteiger partial charge in [-0.1, -0.05) is 6.07 Å². The summed E-state index contributed by atoms with van der Waals surface area (Å²) in [5, 5.41) is 16.4. The van der Waals surface area contributed by atoms with Crippen molar-refractivity contribution in [3.05, 3.63) is 47.9 Å². The number of aromatic amines is 1. The minimum atomic E-state index is -0.0753. The summed E-state index contributed by atoms with van der Waals surface area (Å²) in [6.45, 7) is 7.12. The first-order valence-corrected chi connectivity index (χ1v) is 10.2. The summed E-state index contributed by atoms with van der Waals surface area (Å²) in [7, 11) is 2.07. The van der Waals surface area contributed by atoms with Crippen LogP contribution in [0.3, 0.4) is 0 Å². The topological polar surface area (TPSA) is 114 Å². The van der Waals surface area contributed by atoms with Crippen LogP contribution in [0.2, 0.25) is 0 Å². The molecule has 10 heteroatoms. The normalized spacial score (nSPS) is 14.4. The van der Waals surface area contributed by atoms with E-state index in [9.17, 15) is 4.79 Å². The molecule has 31 heavy (non-hydrogen) atoms. The second-order valence-electron chi connectivity index (χ2n) is 7.73. The molecule has 1 aromatic carbocycles. The van der Waals surface area contributed by atoms with Crippen LogP contribution in [0.15, 0.2) is 36.7 Å². The monoisotopic (exact) mass is 421 g/mol. The van der Waals surface area contributed by atoms with Gasteiger partial charge in [0, 0.05) is 49.3 Å². The smallest absolute Gasteiger partial charge is 0.321 e. The number of amides is 2. The van der Waals surface area contributed by atoms with Gasteiger partial charge in [-0.25, -0.2) is 9.78 Å². The van der Waals surface area contributed by atoms with E-state index in [1.807, 2.05) is 43.0 Å². The van der Waals surface area contributed by atoms with E-state index >= 15 is 0 Å². The molecule has 1 fully saturated rings. The van der Waals surface area contributed by atoms with E-state index in [1.165, 1.54) is 0 Å². The quantitative estimate of drug-likeness (QED) is 0.500. The van der Waals surface area contributed by atoms with E-state index in [-0.39, 0.29) is 6.03 Å². The Morgan fingerprint density at radius 1 is 1.00 bits per heavy atom. The van der Waals surface area contributed by atoms with Crippen molar-refractivity contribution in [2.75, 3.05) is 49.2 Å². The van der Waals surface area contributed by atoms with Gasteiger partial charge in [-0.05, 0) is 38.6 Å². The highest BCUT2D eigenvalue weighted by Crippen LogP contribution is 2.24. The molecule has 1 aliphatic rings. The number of nitrogens with one attached hydrogen (secondary N) is 4. The molecule has 0 radical (unpaired) electrons. The molecule has 1 aliphatic heterocycles. The summed E-state index contributed by atoms with van der Waals surface area (Å²) < 4.78 is 0. The number of benzene rings is 1. The van der Waals surface area contributed by atoms with Crippen LogP contribution >= 0.6 is 0 Å². The molecule has 0 aliphatic carbocycles. The van der Waals surface area contributed by atoms with Gasteiger partial charge in [-0.2, -0.15) is 5.10 Å². The second-order valence-corrected chi connectivity index (χ2v) is 7.73. The number of rotatable bonds is 5. The first kappa shape index (κ1) is 20.6. The fourth-order valence-electron chi connectivity index (χ4n) is 3.29. The Morgan fingerprint density at radius 2 is 1.74 bits per heavy atom. The summed E-state index contributed by atoms with van der Waals surface area (Å²) in [6.07, 6.45) is 3.27. The molecule has 3 heterocycles. The summed E-state index contributed by atoms with van der Waals surface area (Å²) >= 11 is 0. The van der Waals surface area contributed by atoms with Crippen LogP contribution in [-0.2, 0) is 0 Å². The Bertz CT molecular complexity index is 1060. The third-order valence-corrected chi connectivity index (χ3v) is 5.14. The SMILES string of the molecule is Cc1cc(Nc2cncc(Nc3ccc(C)c(NC(=O)N4CCN(C)CC4)c3)n2)n[nH]1. The lowest BCUT2D eigenvalue weighted by Crippen LogP contribution is -2.48. The average molecular weight is 422 g/mol. The molecule has 4 N–H and O–H groups in total. The number of carbonyl (C=O) groups is 1. The number of nitrogens with zero attached hydrogens (tertiary/aromatic N) is 5. The molecule has 0 spiro atoms. The van der Waals surface area contributed by atoms with Crippen LogP contribution in [0.25, 0.3) is 0 Å². The van der Waals surface area contributed by atoms with Crippen molar-refractivity contribution in [3.8, 4) is 0 Å². The average Bonchev–Trinajstić information content (AvgIpc) is 3.15. The van der Waals surface area contributed by atoms with Crippen LogP contribution in [0, 0.1) is 13.8 Å². The standard InChI is InChI=1S/C21H27N9O/c1-14-4-5-16(11-17(14)24-21(31)30-8-6-29(3)7-9-30)23-19-12-22-13-20(26-19)25-18-10-15(2)27-28-18/h4-5,10-13H,6-9H2,1-3H3,(H,24,31)(H3,23,25,26,27,28). The predicted molar refractivity (Wildman–Crippen MR) is 121 cm³/mol. The van der Waals surface area contributed by atoms with E-state index in [0.29, 0.717) is 17.5 Å². The van der Waals surface area contributed by atoms with Gasteiger partial charge >= 0.3 is 6.03 Å². The second kappa shape index (κ2) is 9.00. The van der Waals surface area contributed by atoms with Crippen LogP contribution in [0.1, 0.15) is 11.3 Å².